The van der Waals surface area contributed by atoms with Gasteiger partial charge in [0, 0.05) is 5.56 Å². The summed E-state index contributed by atoms with van der Waals surface area (Å²) in [6.07, 6.45) is 0. The Kier molecular flexibility index (Phi) is 2.34. The molecule has 0 unspecified atom stereocenters. The summed E-state index contributed by atoms with van der Waals surface area (Å²) in [4.78, 5) is 13.9. The highest BCUT2D eigenvalue weighted by atomic mass is 32.2. The van der Waals surface area contributed by atoms with Crippen LogP contribution in [-0.2, 0) is 15.6 Å². The van der Waals surface area contributed by atoms with Crippen LogP contribution in [0, 0.1) is 11.3 Å². The lowest BCUT2D eigenvalue weighted by atomic mass is 10.0. The molecule has 5 nitrogen and oxygen atoms in total. The van der Waals surface area contributed by atoms with E-state index in [1.807, 2.05) is 0 Å². The van der Waals surface area contributed by atoms with Gasteiger partial charge < -0.3 is 4.98 Å². The molecule has 0 atom stereocenters. The number of fused-ring (bicyclic) bond motifs is 3. The summed E-state index contributed by atoms with van der Waals surface area (Å²) in [5.41, 5.74) is 1.03. The van der Waals surface area contributed by atoms with Gasteiger partial charge in [0.05, 0.1) is 5.75 Å². The maximum absolute atomic E-state index is 12.1. The smallest absolute Gasteiger partial charge is 0.266 e. The number of aromatic amines is 1. The van der Waals surface area contributed by atoms with Gasteiger partial charge in [0.2, 0.25) is 0 Å². The molecule has 0 saturated heterocycles. The molecule has 0 fully saturated rings. The SMILES string of the molecule is N#Cc1cc2c([nH]c1=O)S(=O)(=O)Cc1ccccc1-2. The minimum Gasteiger partial charge on any atom is -0.311 e. The predicted molar refractivity (Wildman–Crippen MR) is 68.1 cm³/mol. The van der Waals surface area contributed by atoms with Crippen molar-refractivity contribution in [3.8, 4) is 17.2 Å². The number of nitrogens with zero attached hydrogens (tertiary/aromatic N) is 1. The second-order valence-corrected chi connectivity index (χ2v) is 6.21. The van der Waals surface area contributed by atoms with Crippen molar-refractivity contribution in [2.45, 2.75) is 10.8 Å². The van der Waals surface area contributed by atoms with Gasteiger partial charge in [0.25, 0.3) is 5.56 Å². The zero-order valence-electron chi connectivity index (χ0n) is 9.67. The van der Waals surface area contributed by atoms with E-state index in [1.54, 1.807) is 30.3 Å². The van der Waals surface area contributed by atoms with Crippen LogP contribution in [0.2, 0.25) is 0 Å². The molecule has 0 saturated carbocycles. The van der Waals surface area contributed by atoms with E-state index in [9.17, 15) is 13.2 Å². The van der Waals surface area contributed by atoms with Gasteiger partial charge in [0.15, 0.2) is 9.84 Å². The highest BCUT2D eigenvalue weighted by Gasteiger charge is 2.29. The summed E-state index contributed by atoms with van der Waals surface area (Å²) < 4.78 is 24.3. The molecular formula is C13H8N2O3S. The molecule has 2 aromatic rings. The summed E-state index contributed by atoms with van der Waals surface area (Å²) >= 11 is 0. The molecule has 0 radical (unpaired) electrons. The van der Waals surface area contributed by atoms with E-state index in [2.05, 4.69) is 4.98 Å². The number of sulfone groups is 1. The first-order valence-corrected chi connectivity index (χ1v) is 7.16. The van der Waals surface area contributed by atoms with Gasteiger partial charge in [0.1, 0.15) is 16.7 Å². The van der Waals surface area contributed by atoms with E-state index < -0.39 is 15.4 Å². The number of benzene rings is 1. The Morgan fingerprint density at radius 1 is 1.21 bits per heavy atom. The van der Waals surface area contributed by atoms with Crippen molar-refractivity contribution in [1.82, 2.24) is 4.98 Å². The topological polar surface area (TPSA) is 90.8 Å². The molecule has 1 aliphatic heterocycles. The molecular weight excluding hydrogens is 264 g/mol. The van der Waals surface area contributed by atoms with Crippen LogP contribution in [0.5, 0.6) is 0 Å². The molecule has 2 heterocycles. The predicted octanol–water partition coefficient (Wildman–Crippen LogP) is 1.20. The molecule has 19 heavy (non-hydrogen) atoms. The molecule has 1 aliphatic rings. The largest absolute Gasteiger partial charge is 0.311 e. The first-order valence-electron chi connectivity index (χ1n) is 5.51. The summed E-state index contributed by atoms with van der Waals surface area (Å²) in [6.45, 7) is 0. The molecule has 1 aromatic heterocycles. The number of hydrogen-bond donors (Lipinski definition) is 1. The van der Waals surface area contributed by atoms with Gasteiger partial charge in [-0.25, -0.2) is 8.42 Å². The fraction of sp³-hybridized carbons (Fsp3) is 0.0769. The average Bonchev–Trinajstić information content (AvgIpc) is 2.38. The van der Waals surface area contributed by atoms with Crippen molar-refractivity contribution in [2.75, 3.05) is 0 Å². The molecule has 6 heteroatoms. The summed E-state index contributed by atoms with van der Waals surface area (Å²) in [7, 11) is -3.57. The van der Waals surface area contributed by atoms with Crippen molar-refractivity contribution in [3.05, 3.63) is 51.8 Å². The summed E-state index contributed by atoms with van der Waals surface area (Å²) in [5, 5.41) is 8.78. The van der Waals surface area contributed by atoms with E-state index in [0.717, 1.165) is 5.56 Å². The number of nitrogens with one attached hydrogen (secondary N) is 1. The monoisotopic (exact) mass is 272 g/mol. The number of pyridine rings is 1. The molecule has 0 amide bonds. The number of hydrogen-bond acceptors (Lipinski definition) is 4. The van der Waals surface area contributed by atoms with Gasteiger partial charge in [-0.15, -0.1) is 0 Å². The standard InChI is InChI=1S/C13H8N2O3S/c14-6-9-5-11-10-4-2-1-3-8(10)7-19(17,18)13(11)15-12(9)16/h1-5H,7H2,(H,15,16). The maximum Gasteiger partial charge on any atom is 0.266 e. The van der Waals surface area contributed by atoms with Crippen LogP contribution in [0.15, 0.2) is 40.2 Å². The van der Waals surface area contributed by atoms with Crippen molar-refractivity contribution in [2.24, 2.45) is 0 Å². The Morgan fingerprint density at radius 2 is 1.95 bits per heavy atom. The zero-order valence-corrected chi connectivity index (χ0v) is 10.5. The first kappa shape index (κ1) is 11.7. The highest BCUT2D eigenvalue weighted by Crippen LogP contribution is 2.35. The van der Waals surface area contributed by atoms with Crippen LogP contribution >= 0.6 is 0 Å². The van der Waals surface area contributed by atoms with Crippen LogP contribution < -0.4 is 5.56 Å². The third-order valence-corrected chi connectivity index (χ3v) is 4.72. The third-order valence-electron chi connectivity index (χ3n) is 3.09. The number of aromatic nitrogens is 1. The fourth-order valence-corrected chi connectivity index (χ4v) is 3.79. The molecule has 0 spiro atoms. The van der Waals surface area contributed by atoms with Crippen LogP contribution in [0.4, 0.5) is 0 Å². The van der Waals surface area contributed by atoms with E-state index in [4.69, 9.17) is 5.26 Å². The first-order chi connectivity index (χ1) is 9.03. The molecule has 94 valence electrons. The highest BCUT2D eigenvalue weighted by molar-refractivity contribution is 7.90. The Bertz CT molecular complexity index is 889. The lowest BCUT2D eigenvalue weighted by Gasteiger charge is -2.19. The van der Waals surface area contributed by atoms with Crippen LogP contribution in [-0.4, -0.2) is 13.4 Å². The average molecular weight is 272 g/mol. The Morgan fingerprint density at radius 3 is 2.68 bits per heavy atom. The zero-order chi connectivity index (χ0) is 13.6. The van der Waals surface area contributed by atoms with Crippen LogP contribution in [0.25, 0.3) is 11.1 Å². The van der Waals surface area contributed by atoms with Crippen molar-refractivity contribution < 1.29 is 8.42 Å². The number of rotatable bonds is 0. The van der Waals surface area contributed by atoms with Crippen molar-refractivity contribution in [3.63, 3.8) is 0 Å². The second-order valence-electron chi connectivity index (χ2n) is 4.28. The Hall–Kier alpha value is -2.39. The molecule has 0 aliphatic carbocycles. The van der Waals surface area contributed by atoms with Gasteiger partial charge in [-0.3, -0.25) is 4.79 Å². The number of H-pyrrole nitrogens is 1. The number of nitriles is 1. The van der Waals surface area contributed by atoms with Crippen molar-refractivity contribution >= 4 is 9.84 Å². The molecule has 3 rings (SSSR count). The van der Waals surface area contributed by atoms with Gasteiger partial charge in [-0.2, -0.15) is 5.26 Å². The quantitative estimate of drug-likeness (QED) is 0.780. The van der Waals surface area contributed by atoms with E-state index in [1.165, 1.54) is 6.07 Å². The lowest BCUT2D eigenvalue weighted by Crippen LogP contribution is -2.21. The van der Waals surface area contributed by atoms with Gasteiger partial charge in [-0.05, 0) is 17.2 Å². The second kappa shape index (κ2) is 3.80. The molecule has 1 aromatic carbocycles. The Balaban J connectivity index is 2.47. The summed E-state index contributed by atoms with van der Waals surface area (Å²) in [5.74, 6) is -0.141. The van der Waals surface area contributed by atoms with E-state index in [-0.39, 0.29) is 16.3 Å². The van der Waals surface area contributed by atoms with Crippen LogP contribution in [0.3, 0.4) is 0 Å². The van der Waals surface area contributed by atoms with E-state index in [0.29, 0.717) is 11.1 Å². The Labute approximate surface area is 109 Å². The lowest BCUT2D eigenvalue weighted by molar-refractivity contribution is 0.590. The summed E-state index contributed by atoms with van der Waals surface area (Å²) in [6, 6.07) is 10.2. The minimum absolute atomic E-state index is 0.0920. The van der Waals surface area contributed by atoms with Crippen molar-refractivity contribution in [1.29, 1.82) is 5.26 Å². The van der Waals surface area contributed by atoms with Gasteiger partial charge >= 0.3 is 0 Å². The fourth-order valence-electron chi connectivity index (χ4n) is 2.23. The third kappa shape index (κ3) is 1.67. The van der Waals surface area contributed by atoms with Gasteiger partial charge in [-0.1, -0.05) is 24.3 Å². The van der Waals surface area contributed by atoms with E-state index >= 15 is 0 Å². The van der Waals surface area contributed by atoms with Crippen LogP contribution in [0.1, 0.15) is 11.1 Å². The maximum atomic E-state index is 12.1. The minimum atomic E-state index is -3.57. The normalized spacial score (nSPS) is 15.1. The molecule has 1 N–H and O–H groups in total. The molecule has 0 bridgehead atoms.